The van der Waals surface area contributed by atoms with Crippen LogP contribution in [0.5, 0.6) is 0 Å². The molecule has 2 amide bonds. The molecule has 0 spiro atoms. The zero-order chi connectivity index (χ0) is 23.2. The highest BCUT2D eigenvalue weighted by Crippen LogP contribution is 2.44. The van der Waals surface area contributed by atoms with E-state index in [1.807, 2.05) is 24.3 Å². The van der Waals surface area contributed by atoms with Crippen LogP contribution in [0.4, 0.5) is 4.79 Å². The Morgan fingerprint density at radius 3 is 2.30 bits per heavy atom. The number of fused-ring (bicyclic) bond motifs is 3. The van der Waals surface area contributed by atoms with Crippen molar-refractivity contribution in [2.24, 2.45) is 5.92 Å². The maximum Gasteiger partial charge on any atom is 0.407 e. The average Bonchev–Trinajstić information content (AvgIpc) is 3.40. The fourth-order valence-electron chi connectivity index (χ4n) is 4.71. The van der Waals surface area contributed by atoms with Gasteiger partial charge in [0.05, 0.1) is 6.61 Å². The van der Waals surface area contributed by atoms with Crippen LogP contribution in [0.1, 0.15) is 36.3 Å². The first-order valence-corrected chi connectivity index (χ1v) is 11.2. The van der Waals surface area contributed by atoms with Gasteiger partial charge in [-0.3, -0.25) is 4.79 Å². The van der Waals surface area contributed by atoms with E-state index in [0.717, 1.165) is 11.1 Å². The highest BCUT2D eigenvalue weighted by molar-refractivity contribution is 5.80. The molecule has 3 N–H and O–H groups in total. The predicted octanol–water partition coefficient (Wildman–Crippen LogP) is 2.91. The van der Waals surface area contributed by atoms with Crippen molar-refractivity contribution in [3.63, 3.8) is 0 Å². The molecule has 0 heterocycles. The van der Waals surface area contributed by atoms with Crippen LogP contribution in [-0.2, 0) is 19.1 Å². The monoisotopic (exact) mass is 452 g/mol. The van der Waals surface area contributed by atoms with Gasteiger partial charge in [-0.05, 0) is 41.5 Å². The lowest BCUT2D eigenvalue weighted by Gasteiger charge is -2.17. The lowest BCUT2D eigenvalue weighted by Crippen LogP contribution is -2.36. The lowest BCUT2D eigenvalue weighted by atomic mass is 9.98. The van der Waals surface area contributed by atoms with E-state index >= 15 is 0 Å². The van der Waals surface area contributed by atoms with Crippen molar-refractivity contribution in [3.8, 4) is 11.1 Å². The molecule has 8 nitrogen and oxygen atoms in total. The van der Waals surface area contributed by atoms with Gasteiger partial charge in [0.25, 0.3) is 0 Å². The summed E-state index contributed by atoms with van der Waals surface area (Å²) < 4.78 is 10.5. The quantitative estimate of drug-likeness (QED) is 0.504. The number of hydrogen-bond donors (Lipinski definition) is 3. The van der Waals surface area contributed by atoms with Crippen LogP contribution in [0.25, 0.3) is 11.1 Å². The van der Waals surface area contributed by atoms with Gasteiger partial charge in [-0.1, -0.05) is 48.5 Å². The Bertz CT molecular complexity index is 978. The SMILES string of the molecule is O=C(O)COCCNC(=O)[C@@H]1CC[C@H](NC(=O)OCC2c3ccccc3-c3ccccc32)C1. The molecule has 2 aliphatic carbocycles. The minimum atomic E-state index is -1.04. The Hall–Kier alpha value is -3.39. The van der Waals surface area contributed by atoms with E-state index in [0.29, 0.717) is 19.3 Å². The first-order chi connectivity index (χ1) is 16.0. The number of amides is 2. The molecule has 8 heteroatoms. The summed E-state index contributed by atoms with van der Waals surface area (Å²) in [7, 11) is 0. The average molecular weight is 453 g/mol. The van der Waals surface area contributed by atoms with Crippen molar-refractivity contribution in [3.05, 3.63) is 59.7 Å². The van der Waals surface area contributed by atoms with Gasteiger partial charge in [0, 0.05) is 24.4 Å². The molecule has 0 aromatic heterocycles. The van der Waals surface area contributed by atoms with Gasteiger partial charge < -0.3 is 25.2 Å². The maximum absolute atomic E-state index is 12.5. The van der Waals surface area contributed by atoms with E-state index < -0.39 is 12.1 Å². The summed E-state index contributed by atoms with van der Waals surface area (Å²) in [6.07, 6.45) is 1.46. The minimum absolute atomic E-state index is 0.00796. The van der Waals surface area contributed by atoms with Crippen LogP contribution in [0.2, 0.25) is 0 Å². The molecule has 2 aromatic rings. The Balaban J connectivity index is 1.22. The molecular weight excluding hydrogens is 424 g/mol. The van der Waals surface area contributed by atoms with E-state index in [2.05, 4.69) is 34.9 Å². The number of nitrogens with one attached hydrogen (secondary N) is 2. The molecule has 174 valence electrons. The van der Waals surface area contributed by atoms with Crippen molar-refractivity contribution in [2.45, 2.75) is 31.2 Å². The molecule has 0 aliphatic heterocycles. The lowest BCUT2D eigenvalue weighted by molar-refractivity contribution is -0.142. The summed E-state index contributed by atoms with van der Waals surface area (Å²) in [6.45, 7) is 0.275. The molecule has 2 aromatic carbocycles. The predicted molar refractivity (Wildman–Crippen MR) is 121 cm³/mol. The number of aliphatic carboxylic acids is 1. The molecular formula is C25H28N2O6. The van der Waals surface area contributed by atoms with E-state index in [4.69, 9.17) is 14.6 Å². The van der Waals surface area contributed by atoms with Gasteiger partial charge in [-0.25, -0.2) is 9.59 Å². The normalized spacial score (nSPS) is 18.9. The van der Waals surface area contributed by atoms with Gasteiger partial charge in [-0.15, -0.1) is 0 Å². The van der Waals surface area contributed by atoms with Crippen molar-refractivity contribution < 1.29 is 29.0 Å². The van der Waals surface area contributed by atoms with Crippen LogP contribution >= 0.6 is 0 Å². The smallest absolute Gasteiger partial charge is 0.407 e. The maximum atomic E-state index is 12.5. The topological polar surface area (TPSA) is 114 Å². The fourth-order valence-corrected chi connectivity index (χ4v) is 4.71. The molecule has 0 unspecified atom stereocenters. The number of carbonyl (C=O) groups excluding carboxylic acids is 2. The van der Waals surface area contributed by atoms with Gasteiger partial charge in [-0.2, -0.15) is 0 Å². The zero-order valence-corrected chi connectivity index (χ0v) is 18.3. The Morgan fingerprint density at radius 1 is 0.970 bits per heavy atom. The number of benzene rings is 2. The molecule has 0 saturated heterocycles. The van der Waals surface area contributed by atoms with E-state index in [9.17, 15) is 14.4 Å². The van der Waals surface area contributed by atoms with Gasteiger partial charge in [0.2, 0.25) is 5.91 Å². The summed E-state index contributed by atoms with van der Waals surface area (Å²) in [4.78, 5) is 35.1. The third-order valence-corrected chi connectivity index (χ3v) is 6.24. The largest absolute Gasteiger partial charge is 0.480 e. The van der Waals surface area contributed by atoms with Gasteiger partial charge >= 0.3 is 12.1 Å². The molecule has 2 atom stereocenters. The third-order valence-electron chi connectivity index (χ3n) is 6.24. The highest BCUT2D eigenvalue weighted by Gasteiger charge is 2.32. The second kappa shape index (κ2) is 10.5. The molecule has 1 saturated carbocycles. The van der Waals surface area contributed by atoms with Crippen LogP contribution in [0, 0.1) is 5.92 Å². The number of carboxylic acid groups (broad SMARTS) is 1. The Kier molecular flexibility index (Phi) is 7.24. The Labute approximate surface area is 192 Å². The molecule has 0 bridgehead atoms. The first-order valence-electron chi connectivity index (χ1n) is 11.2. The van der Waals surface area contributed by atoms with Crippen molar-refractivity contribution in [2.75, 3.05) is 26.4 Å². The summed E-state index contributed by atoms with van der Waals surface area (Å²) >= 11 is 0. The van der Waals surface area contributed by atoms with E-state index in [1.165, 1.54) is 11.1 Å². The summed E-state index contributed by atoms with van der Waals surface area (Å²) in [5.74, 6) is -1.33. The van der Waals surface area contributed by atoms with Crippen molar-refractivity contribution in [1.82, 2.24) is 10.6 Å². The second-order valence-electron chi connectivity index (χ2n) is 8.41. The number of hydrogen-bond acceptors (Lipinski definition) is 5. The van der Waals surface area contributed by atoms with Crippen molar-refractivity contribution >= 4 is 18.0 Å². The van der Waals surface area contributed by atoms with E-state index in [1.54, 1.807) is 0 Å². The van der Waals surface area contributed by atoms with Crippen molar-refractivity contribution in [1.29, 1.82) is 0 Å². The summed E-state index contributed by atoms with van der Waals surface area (Å²) in [6, 6.07) is 16.3. The number of ether oxygens (including phenoxy) is 2. The standard InChI is InChI=1S/C25H28N2O6/c28-23(29)15-32-12-11-26-24(30)16-9-10-17(13-16)27-25(31)33-14-22-20-7-3-1-5-18(20)19-6-2-4-8-21(19)22/h1-8,16-17,22H,9-15H2,(H,26,30)(H,27,31)(H,28,29)/t16-,17+/m1/s1. The van der Waals surface area contributed by atoms with Gasteiger partial charge in [0.15, 0.2) is 0 Å². The third kappa shape index (κ3) is 5.51. The minimum Gasteiger partial charge on any atom is -0.480 e. The molecule has 0 radical (unpaired) electrons. The van der Waals surface area contributed by atoms with Gasteiger partial charge in [0.1, 0.15) is 13.2 Å². The fraction of sp³-hybridized carbons (Fsp3) is 0.400. The number of carboxylic acids is 1. The first kappa shape index (κ1) is 22.8. The zero-order valence-electron chi connectivity index (χ0n) is 18.3. The van der Waals surface area contributed by atoms with Crippen LogP contribution in [0.3, 0.4) is 0 Å². The molecule has 4 rings (SSSR count). The molecule has 2 aliphatic rings. The van der Waals surface area contributed by atoms with E-state index in [-0.39, 0.29) is 50.2 Å². The molecule has 1 fully saturated rings. The van der Waals surface area contributed by atoms with Crippen LogP contribution < -0.4 is 10.6 Å². The Morgan fingerprint density at radius 2 is 1.64 bits per heavy atom. The summed E-state index contributed by atoms with van der Waals surface area (Å²) in [5, 5.41) is 14.2. The molecule has 33 heavy (non-hydrogen) atoms. The summed E-state index contributed by atoms with van der Waals surface area (Å²) in [5.41, 5.74) is 4.69. The number of rotatable bonds is 9. The number of carbonyl (C=O) groups is 3. The second-order valence-corrected chi connectivity index (χ2v) is 8.41. The highest BCUT2D eigenvalue weighted by atomic mass is 16.5. The van der Waals surface area contributed by atoms with Crippen LogP contribution in [0.15, 0.2) is 48.5 Å². The number of alkyl carbamates (subject to hydrolysis) is 1. The van der Waals surface area contributed by atoms with Crippen LogP contribution in [-0.4, -0.2) is 55.5 Å².